The molecule has 1 heterocycles. The third kappa shape index (κ3) is 2.88. The maximum absolute atomic E-state index is 12.9. The van der Waals surface area contributed by atoms with Gasteiger partial charge in [-0.15, -0.1) is 0 Å². The molecule has 2 saturated carbocycles. The number of carbonyl (C=O) groups is 1. The first-order valence-electron chi connectivity index (χ1n) is 8.69. The van der Waals surface area contributed by atoms with Crippen LogP contribution in [0.2, 0.25) is 0 Å². The average Bonchev–Trinajstić information content (AvgIpc) is 3.07. The molecule has 3 rings (SSSR count). The van der Waals surface area contributed by atoms with E-state index >= 15 is 0 Å². The minimum absolute atomic E-state index is 0.338. The van der Waals surface area contributed by atoms with Crippen molar-refractivity contribution in [2.24, 2.45) is 17.8 Å². The predicted molar refractivity (Wildman–Crippen MR) is 81.4 cm³/mol. The molecule has 0 aromatic carbocycles. The molecular formula is C17H30N2O. The van der Waals surface area contributed by atoms with E-state index in [-0.39, 0.29) is 0 Å². The van der Waals surface area contributed by atoms with E-state index in [1.54, 1.807) is 0 Å². The Kier molecular flexibility index (Phi) is 4.34. The SMILES string of the molecule is CC(C)N(CC1CCCCN1)C(=O)C1CC2CCC1C2. The van der Waals surface area contributed by atoms with Gasteiger partial charge in [0.1, 0.15) is 0 Å². The summed E-state index contributed by atoms with van der Waals surface area (Å²) < 4.78 is 0. The summed E-state index contributed by atoms with van der Waals surface area (Å²) >= 11 is 0. The monoisotopic (exact) mass is 278 g/mol. The Hall–Kier alpha value is -0.570. The Morgan fingerprint density at radius 2 is 2.05 bits per heavy atom. The molecule has 0 aromatic rings. The average molecular weight is 278 g/mol. The highest BCUT2D eigenvalue weighted by atomic mass is 16.2. The summed E-state index contributed by atoms with van der Waals surface area (Å²) in [5.41, 5.74) is 0. The summed E-state index contributed by atoms with van der Waals surface area (Å²) in [5.74, 6) is 2.36. The van der Waals surface area contributed by atoms with E-state index in [9.17, 15) is 4.79 Å². The van der Waals surface area contributed by atoms with Crippen molar-refractivity contribution >= 4 is 5.91 Å². The van der Waals surface area contributed by atoms with Gasteiger partial charge >= 0.3 is 0 Å². The Morgan fingerprint density at radius 3 is 2.60 bits per heavy atom. The predicted octanol–water partition coefficient (Wildman–Crippen LogP) is 2.80. The number of hydrogen-bond acceptors (Lipinski definition) is 2. The zero-order valence-corrected chi connectivity index (χ0v) is 13.1. The van der Waals surface area contributed by atoms with E-state index in [1.807, 2.05) is 0 Å². The number of amides is 1. The number of nitrogens with one attached hydrogen (secondary N) is 1. The lowest BCUT2D eigenvalue weighted by atomic mass is 9.87. The number of nitrogens with zero attached hydrogens (tertiary/aromatic N) is 1. The van der Waals surface area contributed by atoms with Crippen molar-refractivity contribution in [2.45, 2.75) is 70.9 Å². The first-order chi connectivity index (χ1) is 9.65. The van der Waals surface area contributed by atoms with Crippen LogP contribution in [-0.2, 0) is 4.79 Å². The van der Waals surface area contributed by atoms with Crippen LogP contribution >= 0.6 is 0 Å². The quantitative estimate of drug-likeness (QED) is 0.857. The van der Waals surface area contributed by atoms with Crippen molar-refractivity contribution in [3.8, 4) is 0 Å². The molecule has 3 heteroatoms. The lowest BCUT2D eigenvalue weighted by Crippen LogP contribution is -2.50. The van der Waals surface area contributed by atoms with Crippen LogP contribution < -0.4 is 5.32 Å². The molecule has 20 heavy (non-hydrogen) atoms. The standard InChI is InChI=1S/C17H30N2O/c1-12(2)19(11-15-5-3-4-8-18-15)17(20)16-10-13-6-7-14(16)9-13/h12-16,18H,3-11H2,1-2H3. The highest BCUT2D eigenvalue weighted by Crippen LogP contribution is 2.49. The Balaban J connectivity index is 1.62. The molecule has 114 valence electrons. The van der Waals surface area contributed by atoms with E-state index in [0.29, 0.717) is 29.8 Å². The second-order valence-electron chi connectivity index (χ2n) is 7.51. The molecule has 3 fully saturated rings. The van der Waals surface area contributed by atoms with E-state index in [1.165, 1.54) is 44.9 Å². The zero-order chi connectivity index (χ0) is 14.1. The van der Waals surface area contributed by atoms with Crippen LogP contribution in [0.3, 0.4) is 0 Å². The normalized spacial score (nSPS) is 36.5. The number of hydrogen-bond donors (Lipinski definition) is 1. The molecule has 1 N–H and O–H groups in total. The van der Waals surface area contributed by atoms with Gasteiger partial charge in [0.15, 0.2) is 0 Å². The van der Waals surface area contributed by atoms with Gasteiger partial charge in [-0.1, -0.05) is 12.8 Å². The third-order valence-corrected chi connectivity index (χ3v) is 5.79. The first-order valence-corrected chi connectivity index (χ1v) is 8.69. The smallest absolute Gasteiger partial charge is 0.226 e. The highest BCUT2D eigenvalue weighted by molar-refractivity contribution is 5.80. The van der Waals surface area contributed by atoms with Gasteiger partial charge < -0.3 is 10.2 Å². The van der Waals surface area contributed by atoms with Crippen LogP contribution in [0.4, 0.5) is 0 Å². The Labute approximate surface area is 123 Å². The minimum Gasteiger partial charge on any atom is -0.338 e. The third-order valence-electron chi connectivity index (χ3n) is 5.79. The molecule has 3 aliphatic rings. The fraction of sp³-hybridized carbons (Fsp3) is 0.941. The maximum atomic E-state index is 12.9. The van der Waals surface area contributed by atoms with Crippen molar-refractivity contribution in [3.05, 3.63) is 0 Å². The van der Waals surface area contributed by atoms with Crippen LogP contribution in [0, 0.1) is 17.8 Å². The highest BCUT2D eigenvalue weighted by Gasteiger charge is 2.44. The largest absolute Gasteiger partial charge is 0.338 e. The van der Waals surface area contributed by atoms with E-state index in [4.69, 9.17) is 0 Å². The van der Waals surface area contributed by atoms with Crippen molar-refractivity contribution in [1.82, 2.24) is 10.2 Å². The number of rotatable bonds is 4. The lowest BCUT2D eigenvalue weighted by Gasteiger charge is -2.36. The second-order valence-corrected chi connectivity index (χ2v) is 7.51. The van der Waals surface area contributed by atoms with Crippen molar-refractivity contribution < 1.29 is 4.79 Å². The van der Waals surface area contributed by atoms with Gasteiger partial charge in [-0.05, 0) is 64.3 Å². The lowest BCUT2D eigenvalue weighted by molar-refractivity contribution is -0.139. The molecule has 2 aliphatic carbocycles. The first kappa shape index (κ1) is 14.4. The molecular weight excluding hydrogens is 248 g/mol. The van der Waals surface area contributed by atoms with Gasteiger partial charge in [0.2, 0.25) is 5.91 Å². The van der Waals surface area contributed by atoms with Crippen molar-refractivity contribution in [3.63, 3.8) is 0 Å². The minimum atomic E-state index is 0.338. The van der Waals surface area contributed by atoms with Crippen LogP contribution in [-0.4, -0.2) is 36.0 Å². The second kappa shape index (κ2) is 6.05. The van der Waals surface area contributed by atoms with Crippen molar-refractivity contribution in [2.75, 3.05) is 13.1 Å². The van der Waals surface area contributed by atoms with Gasteiger partial charge in [0.05, 0.1) is 0 Å². The van der Waals surface area contributed by atoms with Crippen LogP contribution in [0.25, 0.3) is 0 Å². The van der Waals surface area contributed by atoms with Crippen LogP contribution in [0.5, 0.6) is 0 Å². The molecule has 0 spiro atoms. The Morgan fingerprint density at radius 1 is 1.20 bits per heavy atom. The summed E-state index contributed by atoms with van der Waals surface area (Å²) in [6, 6.07) is 0.860. The number of piperidine rings is 1. The molecule has 4 unspecified atom stereocenters. The fourth-order valence-corrected chi connectivity index (χ4v) is 4.63. The molecule has 3 nitrogen and oxygen atoms in total. The van der Waals surface area contributed by atoms with Crippen molar-refractivity contribution in [1.29, 1.82) is 0 Å². The van der Waals surface area contributed by atoms with E-state index in [0.717, 1.165) is 19.0 Å². The summed E-state index contributed by atoms with van der Waals surface area (Å²) in [6.45, 7) is 6.39. The molecule has 0 radical (unpaired) electrons. The van der Waals surface area contributed by atoms with Gasteiger partial charge in [-0.2, -0.15) is 0 Å². The molecule has 1 saturated heterocycles. The summed E-state index contributed by atoms with van der Waals surface area (Å²) in [7, 11) is 0. The Bertz CT molecular complexity index is 349. The number of fused-ring (bicyclic) bond motifs is 2. The molecule has 2 bridgehead atoms. The summed E-state index contributed by atoms with van der Waals surface area (Å²) in [6.07, 6.45) is 9.00. The maximum Gasteiger partial charge on any atom is 0.226 e. The van der Waals surface area contributed by atoms with Gasteiger partial charge in [-0.3, -0.25) is 4.79 Å². The fourth-order valence-electron chi connectivity index (χ4n) is 4.63. The van der Waals surface area contributed by atoms with Gasteiger partial charge in [0.25, 0.3) is 0 Å². The van der Waals surface area contributed by atoms with Gasteiger partial charge in [0, 0.05) is 24.5 Å². The molecule has 4 atom stereocenters. The molecule has 1 amide bonds. The summed E-state index contributed by atoms with van der Waals surface area (Å²) in [5, 5.41) is 3.59. The zero-order valence-electron chi connectivity index (χ0n) is 13.1. The molecule has 1 aliphatic heterocycles. The molecule has 0 aromatic heterocycles. The van der Waals surface area contributed by atoms with Crippen LogP contribution in [0.1, 0.15) is 58.8 Å². The van der Waals surface area contributed by atoms with E-state index < -0.39 is 0 Å². The van der Waals surface area contributed by atoms with E-state index in [2.05, 4.69) is 24.1 Å². The van der Waals surface area contributed by atoms with Gasteiger partial charge in [-0.25, -0.2) is 0 Å². The number of carbonyl (C=O) groups excluding carboxylic acids is 1. The van der Waals surface area contributed by atoms with Crippen LogP contribution in [0.15, 0.2) is 0 Å². The summed E-state index contributed by atoms with van der Waals surface area (Å²) in [4.78, 5) is 15.1. The topological polar surface area (TPSA) is 32.3 Å².